The second-order valence-electron chi connectivity index (χ2n) is 7.25. The summed E-state index contributed by atoms with van der Waals surface area (Å²) in [5.41, 5.74) is 1.74. The van der Waals surface area contributed by atoms with Gasteiger partial charge in [0.25, 0.3) is 5.91 Å². The fraction of sp³-hybridized carbons (Fsp3) is 0.611. The Bertz CT molecular complexity index is 508. The van der Waals surface area contributed by atoms with Crippen molar-refractivity contribution < 1.29 is 4.79 Å². The van der Waals surface area contributed by atoms with Crippen LogP contribution < -0.4 is 5.32 Å². The number of amides is 1. The number of nitrogens with one attached hydrogen (secondary N) is 1. The number of benzene rings is 1. The number of hydrogen-bond donors (Lipinski definition) is 1. The molecule has 1 amide bonds. The summed E-state index contributed by atoms with van der Waals surface area (Å²) in [7, 11) is 0. The molecule has 1 aromatic rings. The number of rotatable bonds is 3. The third kappa shape index (κ3) is 3.65. The molecule has 21 heavy (non-hydrogen) atoms. The summed E-state index contributed by atoms with van der Waals surface area (Å²) in [4.78, 5) is 15.0. The molecule has 1 saturated heterocycles. The topological polar surface area (TPSA) is 32.3 Å². The zero-order chi connectivity index (χ0) is 15.6. The van der Waals surface area contributed by atoms with E-state index in [1.807, 2.05) is 31.2 Å². The van der Waals surface area contributed by atoms with E-state index in [1.165, 1.54) is 0 Å². The molecule has 0 bridgehead atoms. The maximum atomic E-state index is 13.0. The van der Waals surface area contributed by atoms with E-state index in [4.69, 9.17) is 0 Å². The summed E-state index contributed by atoms with van der Waals surface area (Å²) in [5.74, 6) is 0.799. The van der Waals surface area contributed by atoms with Crippen LogP contribution in [0.2, 0.25) is 0 Å². The fourth-order valence-corrected chi connectivity index (χ4v) is 3.06. The van der Waals surface area contributed by atoms with Crippen LogP contribution in [0.4, 0.5) is 0 Å². The van der Waals surface area contributed by atoms with Gasteiger partial charge >= 0.3 is 0 Å². The van der Waals surface area contributed by atoms with Gasteiger partial charge in [0, 0.05) is 24.7 Å². The Kier molecular flexibility index (Phi) is 4.72. The van der Waals surface area contributed by atoms with Gasteiger partial charge < -0.3 is 10.2 Å². The highest BCUT2D eigenvalue weighted by molar-refractivity contribution is 5.96. The number of hydrogen-bond acceptors (Lipinski definition) is 2. The number of piperazine rings is 1. The van der Waals surface area contributed by atoms with Crippen LogP contribution in [0.25, 0.3) is 0 Å². The normalized spacial score (nSPS) is 21.6. The van der Waals surface area contributed by atoms with Gasteiger partial charge in [-0.2, -0.15) is 0 Å². The van der Waals surface area contributed by atoms with Crippen molar-refractivity contribution >= 4 is 5.91 Å². The minimum atomic E-state index is -0.146. The molecular weight excluding hydrogens is 260 g/mol. The monoisotopic (exact) mass is 288 g/mol. The maximum Gasteiger partial charge on any atom is 0.254 e. The number of carbonyl (C=O) groups is 1. The first-order valence-corrected chi connectivity index (χ1v) is 7.92. The molecule has 1 N–H and O–H groups in total. The van der Waals surface area contributed by atoms with Gasteiger partial charge in [0.15, 0.2) is 0 Å². The van der Waals surface area contributed by atoms with Crippen molar-refractivity contribution in [3.63, 3.8) is 0 Å². The van der Waals surface area contributed by atoms with Gasteiger partial charge in [-0.1, -0.05) is 32.0 Å². The average Bonchev–Trinajstić information content (AvgIpc) is 2.40. The Balaban J connectivity index is 2.22. The van der Waals surface area contributed by atoms with Gasteiger partial charge in [0.1, 0.15) is 0 Å². The molecule has 1 aliphatic rings. The van der Waals surface area contributed by atoms with Crippen molar-refractivity contribution in [2.45, 2.75) is 52.6 Å². The highest BCUT2D eigenvalue weighted by Gasteiger charge is 2.37. The highest BCUT2D eigenvalue weighted by atomic mass is 16.2. The predicted molar refractivity (Wildman–Crippen MR) is 87.5 cm³/mol. The molecule has 0 saturated carbocycles. The quantitative estimate of drug-likeness (QED) is 0.926. The zero-order valence-corrected chi connectivity index (χ0v) is 13.9. The summed E-state index contributed by atoms with van der Waals surface area (Å²) >= 11 is 0. The largest absolute Gasteiger partial charge is 0.331 e. The van der Waals surface area contributed by atoms with Crippen LogP contribution in [0, 0.1) is 12.8 Å². The molecule has 0 radical (unpaired) electrons. The molecule has 0 spiro atoms. The molecule has 1 heterocycles. The third-order valence-electron chi connectivity index (χ3n) is 4.33. The molecule has 116 valence electrons. The smallest absolute Gasteiger partial charge is 0.254 e. The lowest BCUT2D eigenvalue weighted by Crippen LogP contribution is -2.63. The van der Waals surface area contributed by atoms with E-state index in [-0.39, 0.29) is 11.4 Å². The zero-order valence-electron chi connectivity index (χ0n) is 13.9. The molecule has 3 nitrogen and oxygen atoms in total. The summed E-state index contributed by atoms with van der Waals surface area (Å²) in [6.45, 7) is 12.4. The van der Waals surface area contributed by atoms with Crippen LogP contribution in [0.3, 0.4) is 0 Å². The number of nitrogens with zero attached hydrogens (tertiary/aromatic N) is 1. The molecule has 0 aliphatic carbocycles. The van der Waals surface area contributed by atoms with E-state index in [9.17, 15) is 4.79 Å². The average molecular weight is 288 g/mol. The molecule has 1 aliphatic heterocycles. The first-order valence-electron chi connectivity index (χ1n) is 7.92. The molecular formula is C18H28N2O. The van der Waals surface area contributed by atoms with E-state index in [2.05, 4.69) is 37.9 Å². The highest BCUT2D eigenvalue weighted by Crippen LogP contribution is 2.24. The first kappa shape index (κ1) is 16.0. The fourth-order valence-electron chi connectivity index (χ4n) is 3.06. The minimum Gasteiger partial charge on any atom is -0.331 e. The third-order valence-corrected chi connectivity index (χ3v) is 4.33. The summed E-state index contributed by atoms with van der Waals surface area (Å²) < 4.78 is 0. The van der Waals surface area contributed by atoms with Gasteiger partial charge in [0.05, 0.1) is 5.54 Å². The van der Waals surface area contributed by atoms with Crippen molar-refractivity contribution in [1.82, 2.24) is 10.2 Å². The minimum absolute atomic E-state index is 0.146. The van der Waals surface area contributed by atoms with Crippen LogP contribution in [-0.2, 0) is 0 Å². The van der Waals surface area contributed by atoms with E-state index in [0.29, 0.717) is 12.0 Å². The van der Waals surface area contributed by atoms with Crippen LogP contribution in [-0.4, -0.2) is 35.5 Å². The Morgan fingerprint density at radius 2 is 2.05 bits per heavy atom. The van der Waals surface area contributed by atoms with Gasteiger partial charge in [-0.3, -0.25) is 4.79 Å². The molecule has 1 atom stereocenters. The van der Waals surface area contributed by atoms with E-state index in [0.717, 1.165) is 30.6 Å². The molecule has 2 rings (SSSR count). The SMILES string of the molecule is Cc1ccccc1C(=O)N1CC(CC(C)C)NCC1(C)C. The van der Waals surface area contributed by atoms with Crippen molar-refractivity contribution in [3.05, 3.63) is 35.4 Å². The maximum absolute atomic E-state index is 13.0. The van der Waals surface area contributed by atoms with Crippen molar-refractivity contribution in [2.75, 3.05) is 13.1 Å². The van der Waals surface area contributed by atoms with E-state index < -0.39 is 0 Å². The molecule has 1 aromatic carbocycles. The van der Waals surface area contributed by atoms with Crippen molar-refractivity contribution in [3.8, 4) is 0 Å². The lowest BCUT2D eigenvalue weighted by Gasteiger charge is -2.46. The number of aryl methyl sites for hydroxylation is 1. The predicted octanol–water partition coefficient (Wildman–Crippen LogP) is 3.23. The van der Waals surface area contributed by atoms with Crippen LogP contribution in [0.15, 0.2) is 24.3 Å². The Hall–Kier alpha value is -1.35. The molecule has 0 aromatic heterocycles. The standard InChI is InChI=1S/C18H28N2O/c1-13(2)10-15-11-20(18(4,5)12-19-15)17(21)16-9-7-6-8-14(16)3/h6-9,13,15,19H,10-12H2,1-5H3. The van der Waals surface area contributed by atoms with Crippen LogP contribution in [0.1, 0.15) is 50.0 Å². The van der Waals surface area contributed by atoms with E-state index >= 15 is 0 Å². The van der Waals surface area contributed by atoms with Gasteiger partial charge in [0.2, 0.25) is 0 Å². The van der Waals surface area contributed by atoms with Crippen LogP contribution in [0.5, 0.6) is 0 Å². The summed E-state index contributed by atoms with van der Waals surface area (Å²) in [5, 5.41) is 3.60. The van der Waals surface area contributed by atoms with Gasteiger partial charge in [-0.05, 0) is 44.7 Å². The van der Waals surface area contributed by atoms with Gasteiger partial charge in [-0.15, -0.1) is 0 Å². The van der Waals surface area contributed by atoms with Crippen molar-refractivity contribution in [1.29, 1.82) is 0 Å². The molecule has 3 heteroatoms. The van der Waals surface area contributed by atoms with Gasteiger partial charge in [-0.25, -0.2) is 0 Å². The second-order valence-corrected chi connectivity index (χ2v) is 7.25. The number of carbonyl (C=O) groups excluding carboxylic acids is 1. The second kappa shape index (κ2) is 6.18. The molecule has 1 fully saturated rings. The van der Waals surface area contributed by atoms with Crippen LogP contribution >= 0.6 is 0 Å². The Morgan fingerprint density at radius 3 is 2.67 bits per heavy atom. The van der Waals surface area contributed by atoms with E-state index in [1.54, 1.807) is 0 Å². The molecule has 1 unspecified atom stereocenters. The Labute approximate surface area is 128 Å². The summed E-state index contributed by atoms with van der Waals surface area (Å²) in [6, 6.07) is 8.27. The summed E-state index contributed by atoms with van der Waals surface area (Å²) in [6.07, 6.45) is 1.10. The first-order chi connectivity index (χ1) is 9.81. The lowest BCUT2D eigenvalue weighted by atomic mass is 9.92. The lowest BCUT2D eigenvalue weighted by molar-refractivity contribution is 0.0377. The van der Waals surface area contributed by atoms with Crippen molar-refractivity contribution in [2.24, 2.45) is 5.92 Å². The Morgan fingerprint density at radius 1 is 1.38 bits per heavy atom.